The first-order chi connectivity index (χ1) is 11.7. The fourth-order valence-corrected chi connectivity index (χ4v) is 2.51. The number of anilines is 1. The lowest BCUT2D eigenvalue weighted by atomic mass is 10.0. The Balaban J connectivity index is 2.26. The number of halogens is 6. The van der Waals surface area contributed by atoms with Gasteiger partial charge in [-0.1, -0.05) is 11.6 Å². The summed E-state index contributed by atoms with van der Waals surface area (Å²) in [6.07, 6.45) is -3.51. The molecule has 0 aliphatic heterocycles. The highest BCUT2D eigenvalue weighted by Gasteiger charge is 2.29. The van der Waals surface area contributed by atoms with Gasteiger partial charge in [0.15, 0.2) is 0 Å². The van der Waals surface area contributed by atoms with E-state index in [1.54, 1.807) is 0 Å². The molecule has 5 nitrogen and oxygen atoms in total. The molecule has 1 N–H and O–H groups in total. The van der Waals surface area contributed by atoms with Crippen LogP contribution in [0.25, 0.3) is 16.9 Å². The molecule has 2 heterocycles. The summed E-state index contributed by atoms with van der Waals surface area (Å²) < 4.78 is 67.0. The number of nitrogens with one attached hydrogen (secondary N) is 1. The summed E-state index contributed by atoms with van der Waals surface area (Å²) in [5.74, 6) is -2.00. The standard InChI is InChI=1S/C14H9ClF5N5/c1-6-2-9(17)7(3-8(6)16)10-11(15)24-13-22-5-23-25(13)12(10)21-4-14(18,19)20/h2-3,5,21H,4H2,1H3. The van der Waals surface area contributed by atoms with Crippen LogP contribution in [0.5, 0.6) is 0 Å². The van der Waals surface area contributed by atoms with Gasteiger partial charge in [0.25, 0.3) is 5.78 Å². The Bertz CT molecular complexity index is 953. The third-order valence-electron chi connectivity index (χ3n) is 3.36. The molecular formula is C14H9ClF5N5. The highest BCUT2D eigenvalue weighted by atomic mass is 35.5. The summed E-state index contributed by atoms with van der Waals surface area (Å²) in [6, 6.07) is 1.76. The van der Waals surface area contributed by atoms with E-state index in [1.807, 2.05) is 0 Å². The van der Waals surface area contributed by atoms with E-state index in [0.717, 1.165) is 23.0 Å². The summed E-state index contributed by atoms with van der Waals surface area (Å²) in [5.41, 5.74) is -0.556. The fraction of sp³-hybridized carbons (Fsp3) is 0.214. The minimum absolute atomic E-state index is 0.0389. The number of aromatic nitrogens is 4. The van der Waals surface area contributed by atoms with E-state index in [-0.39, 0.29) is 33.4 Å². The molecule has 0 atom stereocenters. The molecule has 0 unspecified atom stereocenters. The molecule has 0 radical (unpaired) electrons. The van der Waals surface area contributed by atoms with Crippen molar-refractivity contribution in [1.82, 2.24) is 19.6 Å². The molecule has 0 amide bonds. The molecule has 0 saturated heterocycles. The van der Waals surface area contributed by atoms with E-state index in [4.69, 9.17) is 11.6 Å². The summed E-state index contributed by atoms with van der Waals surface area (Å²) in [7, 11) is 0. The Labute approximate surface area is 142 Å². The second-order valence-corrected chi connectivity index (χ2v) is 5.51. The molecule has 0 spiro atoms. The smallest absolute Gasteiger partial charge is 0.360 e. The maximum Gasteiger partial charge on any atom is 0.405 e. The Morgan fingerprint density at radius 2 is 1.92 bits per heavy atom. The van der Waals surface area contributed by atoms with E-state index in [1.165, 1.54) is 6.92 Å². The minimum atomic E-state index is -4.56. The summed E-state index contributed by atoms with van der Waals surface area (Å²) in [6.45, 7) is -0.0866. The van der Waals surface area contributed by atoms with E-state index < -0.39 is 24.4 Å². The van der Waals surface area contributed by atoms with Crippen molar-refractivity contribution in [3.05, 3.63) is 40.8 Å². The lowest BCUT2D eigenvalue weighted by Crippen LogP contribution is -2.23. The van der Waals surface area contributed by atoms with Crippen LogP contribution >= 0.6 is 11.6 Å². The fourth-order valence-electron chi connectivity index (χ4n) is 2.24. The third-order valence-corrected chi connectivity index (χ3v) is 3.63. The average molecular weight is 378 g/mol. The molecule has 0 aliphatic rings. The first-order valence-corrected chi connectivity index (χ1v) is 7.21. The zero-order valence-electron chi connectivity index (χ0n) is 12.5. The number of hydrogen-bond donors (Lipinski definition) is 1. The van der Waals surface area contributed by atoms with Gasteiger partial charge in [-0.25, -0.2) is 8.78 Å². The number of hydrogen-bond acceptors (Lipinski definition) is 4. The van der Waals surface area contributed by atoms with E-state index >= 15 is 0 Å². The molecule has 11 heteroatoms. The van der Waals surface area contributed by atoms with Gasteiger partial charge >= 0.3 is 6.18 Å². The SMILES string of the molecule is Cc1cc(F)c(-c2c(Cl)nc3ncnn3c2NCC(F)(F)F)cc1F. The largest absolute Gasteiger partial charge is 0.405 e. The van der Waals surface area contributed by atoms with Gasteiger partial charge in [-0.05, 0) is 24.6 Å². The average Bonchev–Trinajstić information content (AvgIpc) is 2.95. The van der Waals surface area contributed by atoms with E-state index in [0.29, 0.717) is 0 Å². The van der Waals surface area contributed by atoms with Crippen molar-refractivity contribution in [2.75, 3.05) is 11.9 Å². The number of aryl methyl sites for hydroxylation is 1. The van der Waals surface area contributed by atoms with Crippen LogP contribution in [0.1, 0.15) is 5.56 Å². The van der Waals surface area contributed by atoms with Crippen molar-refractivity contribution in [1.29, 1.82) is 0 Å². The zero-order valence-corrected chi connectivity index (χ0v) is 13.3. The monoisotopic (exact) mass is 377 g/mol. The maximum absolute atomic E-state index is 14.3. The van der Waals surface area contributed by atoms with Crippen molar-refractivity contribution in [2.24, 2.45) is 0 Å². The van der Waals surface area contributed by atoms with Gasteiger partial charge in [-0.3, -0.25) is 0 Å². The number of rotatable bonds is 3. The molecule has 2 aromatic heterocycles. The molecule has 3 rings (SSSR count). The number of fused-ring (bicyclic) bond motifs is 1. The lowest BCUT2D eigenvalue weighted by Gasteiger charge is -2.16. The zero-order chi connectivity index (χ0) is 18.4. The predicted molar refractivity (Wildman–Crippen MR) is 80.4 cm³/mol. The van der Waals surface area contributed by atoms with Crippen LogP contribution in [0, 0.1) is 18.6 Å². The number of benzene rings is 1. The molecule has 1 aromatic carbocycles. The van der Waals surface area contributed by atoms with Crippen molar-refractivity contribution in [3.63, 3.8) is 0 Å². The van der Waals surface area contributed by atoms with Gasteiger partial charge in [0, 0.05) is 5.56 Å². The van der Waals surface area contributed by atoms with Gasteiger partial charge in [0.2, 0.25) is 0 Å². The molecule has 25 heavy (non-hydrogen) atoms. The second-order valence-electron chi connectivity index (χ2n) is 5.15. The summed E-state index contributed by atoms with van der Waals surface area (Å²) >= 11 is 6.01. The Morgan fingerprint density at radius 1 is 1.20 bits per heavy atom. The highest BCUT2D eigenvalue weighted by Crippen LogP contribution is 2.37. The van der Waals surface area contributed by atoms with Gasteiger partial charge in [0.1, 0.15) is 35.5 Å². The quantitative estimate of drug-likeness (QED) is 0.553. The van der Waals surface area contributed by atoms with Crippen LogP contribution in [-0.2, 0) is 0 Å². The first-order valence-electron chi connectivity index (χ1n) is 6.83. The molecule has 0 aliphatic carbocycles. The van der Waals surface area contributed by atoms with Crippen LogP contribution in [0.2, 0.25) is 5.15 Å². The van der Waals surface area contributed by atoms with Crippen LogP contribution in [0.4, 0.5) is 27.8 Å². The van der Waals surface area contributed by atoms with Gasteiger partial charge in [0.05, 0.1) is 5.56 Å². The first kappa shape index (κ1) is 17.3. The van der Waals surface area contributed by atoms with Crippen LogP contribution < -0.4 is 5.32 Å². The number of alkyl halides is 3. The highest BCUT2D eigenvalue weighted by molar-refractivity contribution is 6.33. The van der Waals surface area contributed by atoms with E-state index in [9.17, 15) is 22.0 Å². The summed E-state index contributed by atoms with van der Waals surface area (Å²) in [4.78, 5) is 7.60. The molecular weight excluding hydrogens is 369 g/mol. The molecule has 132 valence electrons. The van der Waals surface area contributed by atoms with E-state index in [2.05, 4.69) is 20.4 Å². The third kappa shape index (κ3) is 3.34. The Hall–Kier alpha value is -2.49. The van der Waals surface area contributed by atoms with Gasteiger partial charge in [-0.2, -0.15) is 32.8 Å². The van der Waals surface area contributed by atoms with Crippen molar-refractivity contribution in [2.45, 2.75) is 13.1 Å². The molecule has 0 fully saturated rings. The Morgan fingerprint density at radius 3 is 2.60 bits per heavy atom. The topological polar surface area (TPSA) is 55.1 Å². The van der Waals surface area contributed by atoms with Crippen LogP contribution in [-0.4, -0.2) is 32.3 Å². The van der Waals surface area contributed by atoms with Crippen LogP contribution in [0.3, 0.4) is 0 Å². The van der Waals surface area contributed by atoms with Gasteiger partial charge < -0.3 is 5.32 Å². The molecule has 0 bridgehead atoms. The van der Waals surface area contributed by atoms with Crippen molar-refractivity contribution in [3.8, 4) is 11.1 Å². The predicted octanol–water partition coefficient (Wildman–Crippen LogP) is 4.01. The molecule has 0 saturated carbocycles. The molecule has 3 aromatic rings. The van der Waals surface area contributed by atoms with Crippen molar-refractivity contribution < 1.29 is 22.0 Å². The van der Waals surface area contributed by atoms with Gasteiger partial charge in [-0.15, -0.1) is 0 Å². The Kier molecular flexibility index (Phi) is 4.23. The van der Waals surface area contributed by atoms with Crippen LogP contribution in [0.15, 0.2) is 18.5 Å². The number of nitrogens with zero attached hydrogens (tertiary/aromatic N) is 4. The lowest BCUT2D eigenvalue weighted by molar-refractivity contribution is -0.115. The normalized spacial score (nSPS) is 12.0. The second kappa shape index (κ2) is 6.10. The summed E-state index contributed by atoms with van der Waals surface area (Å²) in [5, 5.41) is 5.52. The minimum Gasteiger partial charge on any atom is -0.360 e. The maximum atomic E-state index is 14.3. The van der Waals surface area contributed by atoms with Crippen molar-refractivity contribution >= 4 is 23.2 Å².